The zero-order chi connectivity index (χ0) is 28.9. The van der Waals surface area contributed by atoms with Crippen molar-refractivity contribution in [2.45, 2.75) is 45.3 Å². The molecule has 41 heavy (non-hydrogen) atoms. The lowest BCUT2D eigenvalue weighted by Gasteiger charge is -2.28. The molecule has 4 aromatic heterocycles. The first-order chi connectivity index (χ1) is 19.9. The van der Waals surface area contributed by atoms with Gasteiger partial charge in [0, 0.05) is 56.5 Å². The van der Waals surface area contributed by atoms with E-state index in [1.54, 1.807) is 37.8 Å². The van der Waals surface area contributed by atoms with E-state index in [4.69, 9.17) is 14.6 Å². The van der Waals surface area contributed by atoms with E-state index in [2.05, 4.69) is 37.3 Å². The maximum absolute atomic E-state index is 12.4. The molecule has 1 fully saturated rings. The van der Waals surface area contributed by atoms with Crippen molar-refractivity contribution in [1.82, 2.24) is 39.4 Å². The molecule has 1 saturated heterocycles. The number of nitrogens with one attached hydrogen (secondary N) is 2. The first-order valence-corrected chi connectivity index (χ1v) is 13.9. The van der Waals surface area contributed by atoms with Crippen LogP contribution in [0, 0.1) is 0 Å². The molecule has 0 spiro atoms. The molecule has 5 heterocycles. The lowest BCUT2D eigenvalue weighted by Crippen LogP contribution is -2.31. The molecule has 218 valence electrons. The van der Waals surface area contributed by atoms with Crippen LogP contribution in [0.5, 0.6) is 11.6 Å². The number of piperidine rings is 1. The van der Waals surface area contributed by atoms with Gasteiger partial charge in [0.2, 0.25) is 5.88 Å². The van der Waals surface area contributed by atoms with E-state index >= 15 is 0 Å². The largest absolute Gasteiger partial charge is 0.490 e. The number of nitrogens with zero attached hydrogens (tertiary/aromatic N) is 7. The molecule has 13 nitrogen and oxygen atoms in total. The van der Waals surface area contributed by atoms with Crippen molar-refractivity contribution in [2.75, 3.05) is 38.7 Å². The number of hydrogen-bond acceptors (Lipinski definition) is 10. The molecule has 5 rings (SSSR count). The predicted octanol–water partition coefficient (Wildman–Crippen LogP) is 2.99. The van der Waals surface area contributed by atoms with Crippen LogP contribution in [0.3, 0.4) is 0 Å². The number of aliphatic hydroxyl groups is 1. The SMILES string of the molecule is CCOc1nn(C2CCN(C)CC2)cc1-c1cnc(Nc2ccnc(-c3c[nH]n(C)c3=O)n2)cc1OC(C)CCO. The van der Waals surface area contributed by atoms with Crippen molar-refractivity contribution < 1.29 is 14.6 Å². The van der Waals surface area contributed by atoms with Gasteiger partial charge in [-0.3, -0.25) is 14.2 Å². The molecule has 1 unspecified atom stereocenters. The number of likely N-dealkylation sites (tertiary alicyclic amines) is 1. The molecule has 13 heteroatoms. The van der Waals surface area contributed by atoms with E-state index < -0.39 is 0 Å². The fraction of sp³-hybridized carbons (Fsp3) is 0.464. The highest BCUT2D eigenvalue weighted by Gasteiger charge is 2.24. The zero-order valence-electron chi connectivity index (χ0n) is 23.9. The zero-order valence-corrected chi connectivity index (χ0v) is 23.9. The lowest BCUT2D eigenvalue weighted by molar-refractivity contribution is 0.169. The maximum Gasteiger partial charge on any atom is 0.277 e. The van der Waals surface area contributed by atoms with Crippen LogP contribution in [0.15, 0.2) is 41.7 Å². The second-order valence-electron chi connectivity index (χ2n) is 10.2. The van der Waals surface area contributed by atoms with Crippen LogP contribution >= 0.6 is 0 Å². The molecule has 0 radical (unpaired) electrons. The van der Waals surface area contributed by atoms with Crippen LogP contribution in [0.4, 0.5) is 11.6 Å². The van der Waals surface area contributed by atoms with Crippen molar-refractivity contribution in [2.24, 2.45) is 7.05 Å². The summed E-state index contributed by atoms with van der Waals surface area (Å²) in [5.41, 5.74) is 1.68. The Morgan fingerprint density at radius 1 is 1.17 bits per heavy atom. The predicted molar refractivity (Wildman–Crippen MR) is 155 cm³/mol. The van der Waals surface area contributed by atoms with Crippen molar-refractivity contribution in [3.8, 4) is 34.1 Å². The number of pyridine rings is 1. The summed E-state index contributed by atoms with van der Waals surface area (Å²) in [7, 11) is 3.77. The Kier molecular flexibility index (Phi) is 8.64. The van der Waals surface area contributed by atoms with Crippen LogP contribution in [-0.2, 0) is 7.05 Å². The molecule has 0 aromatic carbocycles. The molecule has 4 aromatic rings. The van der Waals surface area contributed by atoms with Gasteiger partial charge in [-0.05, 0) is 52.9 Å². The van der Waals surface area contributed by atoms with E-state index in [1.165, 1.54) is 4.68 Å². The third kappa shape index (κ3) is 6.41. The van der Waals surface area contributed by atoms with E-state index in [1.807, 2.05) is 24.7 Å². The number of aromatic amines is 1. The molecule has 0 amide bonds. The number of anilines is 2. The van der Waals surface area contributed by atoms with E-state index in [0.29, 0.717) is 47.7 Å². The fourth-order valence-corrected chi connectivity index (χ4v) is 4.82. The van der Waals surface area contributed by atoms with Crippen molar-refractivity contribution >= 4 is 11.6 Å². The third-order valence-corrected chi connectivity index (χ3v) is 7.15. The minimum absolute atomic E-state index is 0.00722. The topological polar surface area (TPSA) is 148 Å². The van der Waals surface area contributed by atoms with Gasteiger partial charge in [0.25, 0.3) is 5.56 Å². The van der Waals surface area contributed by atoms with Gasteiger partial charge >= 0.3 is 0 Å². The average molecular weight is 564 g/mol. The van der Waals surface area contributed by atoms with Crippen LogP contribution in [0.2, 0.25) is 0 Å². The van der Waals surface area contributed by atoms with E-state index in [0.717, 1.165) is 37.1 Å². The van der Waals surface area contributed by atoms with Gasteiger partial charge < -0.3 is 29.9 Å². The summed E-state index contributed by atoms with van der Waals surface area (Å²) in [5, 5.41) is 20.3. The highest BCUT2D eigenvalue weighted by molar-refractivity contribution is 5.75. The average Bonchev–Trinajstić information content (AvgIpc) is 3.52. The van der Waals surface area contributed by atoms with Crippen LogP contribution in [0.25, 0.3) is 22.5 Å². The number of H-pyrrole nitrogens is 1. The summed E-state index contributed by atoms with van der Waals surface area (Å²) in [6.45, 7) is 6.36. The molecule has 0 aliphatic carbocycles. The lowest BCUT2D eigenvalue weighted by atomic mass is 10.1. The first-order valence-electron chi connectivity index (χ1n) is 13.9. The van der Waals surface area contributed by atoms with Crippen molar-refractivity contribution in [1.29, 1.82) is 0 Å². The van der Waals surface area contributed by atoms with Gasteiger partial charge in [0.15, 0.2) is 5.82 Å². The van der Waals surface area contributed by atoms with Crippen LogP contribution in [-0.4, -0.2) is 84.0 Å². The van der Waals surface area contributed by atoms with Gasteiger partial charge in [-0.2, -0.15) is 0 Å². The molecule has 1 aliphatic heterocycles. The Morgan fingerprint density at radius 3 is 2.68 bits per heavy atom. The number of rotatable bonds is 11. The Morgan fingerprint density at radius 2 is 1.98 bits per heavy atom. The van der Waals surface area contributed by atoms with E-state index in [-0.39, 0.29) is 24.3 Å². The fourth-order valence-electron chi connectivity index (χ4n) is 4.82. The highest BCUT2D eigenvalue weighted by atomic mass is 16.5. The molecule has 1 atom stereocenters. The summed E-state index contributed by atoms with van der Waals surface area (Å²) >= 11 is 0. The van der Waals surface area contributed by atoms with Gasteiger partial charge in [-0.1, -0.05) is 0 Å². The smallest absolute Gasteiger partial charge is 0.277 e. The second-order valence-corrected chi connectivity index (χ2v) is 10.2. The Bertz CT molecular complexity index is 1520. The minimum atomic E-state index is -0.246. The van der Waals surface area contributed by atoms with Gasteiger partial charge in [0.05, 0.1) is 24.3 Å². The summed E-state index contributed by atoms with van der Waals surface area (Å²) in [6.07, 6.45) is 9.15. The first kappa shape index (κ1) is 28.3. The molecule has 1 aliphatic rings. The highest BCUT2D eigenvalue weighted by Crippen LogP contribution is 2.39. The van der Waals surface area contributed by atoms with Crippen molar-refractivity contribution in [3.63, 3.8) is 0 Å². The Labute approximate surface area is 238 Å². The summed E-state index contributed by atoms with van der Waals surface area (Å²) in [6, 6.07) is 3.78. The molecular formula is C28H37N9O4. The number of aromatic nitrogens is 7. The normalized spacial score (nSPS) is 15.1. The van der Waals surface area contributed by atoms with Crippen LogP contribution in [0.1, 0.15) is 39.2 Å². The standard InChI is InChI=1S/C28H37N9O4/c1-5-40-27-22(17-37(34-27)19-7-11-35(3)12-8-19)20-15-30-25(14-23(20)41-18(2)9-13-38)32-24-6-10-29-26(33-24)21-16-31-36(4)28(21)39/h6,10,14-19,31,38H,5,7-9,11-13H2,1-4H3,(H,29,30,32,33). The molecule has 0 saturated carbocycles. The summed E-state index contributed by atoms with van der Waals surface area (Å²) < 4.78 is 15.6. The van der Waals surface area contributed by atoms with Crippen molar-refractivity contribution in [3.05, 3.63) is 47.3 Å². The Hall–Kier alpha value is -4.23. The summed E-state index contributed by atoms with van der Waals surface area (Å²) in [4.78, 5) is 28.1. The summed E-state index contributed by atoms with van der Waals surface area (Å²) in [5.74, 6) is 2.36. The molecule has 0 bridgehead atoms. The maximum atomic E-state index is 12.4. The van der Waals surface area contributed by atoms with Gasteiger partial charge in [0.1, 0.15) is 22.9 Å². The minimum Gasteiger partial charge on any atom is -0.490 e. The Balaban J connectivity index is 1.48. The number of ether oxygens (including phenoxy) is 2. The quantitative estimate of drug-likeness (QED) is 0.249. The third-order valence-electron chi connectivity index (χ3n) is 7.15. The number of aliphatic hydroxyl groups excluding tert-OH is 1. The molecular weight excluding hydrogens is 526 g/mol. The second kappa shape index (κ2) is 12.5. The van der Waals surface area contributed by atoms with Gasteiger partial charge in [-0.15, -0.1) is 5.10 Å². The van der Waals surface area contributed by atoms with Crippen LogP contribution < -0.4 is 20.3 Å². The number of hydrogen-bond donors (Lipinski definition) is 3. The monoisotopic (exact) mass is 563 g/mol. The van der Waals surface area contributed by atoms with Gasteiger partial charge in [-0.25, -0.2) is 15.0 Å². The molecule has 3 N–H and O–H groups in total. The number of aryl methyl sites for hydroxylation is 1. The van der Waals surface area contributed by atoms with E-state index in [9.17, 15) is 9.90 Å².